The van der Waals surface area contributed by atoms with Crippen LogP contribution in [0.2, 0.25) is 0 Å². The van der Waals surface area contributed by atoms with Gasteiger partial charge in [0.1, 0.15) is 5.82 Å². The van der Waals surface area contributed by atoms with Crippen LogP contribution in [0.3, 0.4) is 0 Å². The first kappa shape index (κ1) is 22.0. The summed E-state index contributed by atoms with van der Waals surface area (Å²) >= 11 is 1.48. The summed E-state index contributed by atoms with van der Waals surface area (Å²) in [6.07, 6.45) is 2.92. The van der Waals surface area contributed by atoms with Gasteiger partial charge in [-0.3, -0.25) is 19.0 Å². The molecule has 8 heteroatoms. The number of nitrogens with zero attached hydrogens (tertiary/aromatic N) is 2. The summed E-state index contributed by atoms with van der Waals surface area (Å²) in [5.41, 5.74) is 3.42. The molecule has 0 atom stereocenters. The van der Waals surface area contributed by atoms with E-state index in [0.29, 0.717) is 34.8 Å². The summed E-state index contributed by atoms with van der Waals surface area (Å²) in [6.45, 7) is 2.25. The number of aromatic nitrogens is 2. The van der Waals surface area contributed by atoms with Crippen LogP contribution in [0.5, 0.6) is 0 Å². The lowest BCUT2D eigenvalue weighted by molar-refractivity contribution is -0.133. The van der Waals surface area contributed by atoms with E-state index >= 15 is 0 Å². The van der Waals surface area contributed by atoms with Crippen LogP contribution in [-0.2, 0) is 9.63 Å². The summed E-state index contributed by atoms with van der Waals surface area (Å²) in [5.74, 6) is 0.271. The summed E-state index contributed by atoms with van der Waals surface area (Å²) in [5, 5.41) is 1.09. The smallest absolute Gasteiger partial charge is 0.266 e. The topological polar surface area (TPSA) is 73.2 Å². The van der Waals surface area contributed by atoms with Gasteiger partial charge in [-0.25, -0.2) is 14.9 Å². The van der Waals surface area contributed by atoms with Crippen LogP contribution < -0.4 is 11.0 Å². The molecule has 0 aliphatic carbocycles. The number of rotatable bonds is 10. The minimum atomic E-state index is -0.358. The molecule has 6 nitrogen and oxygen atoms in total. The molecule has 0 saturated heterocycles. The number of para-hydroxylation sites is 1. The lowest BCUT2D eigenvalue weighted by atomic mass is 10.2. The van der Waals surface area contributed by atoms with Crippen molar-refractivity contribution in [3.05, 3.63) is 64.7 Å². The van der Waals surface area contributed by atoms with Crippen molar-refractivity contribution in [2.24, 2.45) is 0 Å². The van der Waals surface area contributed by atoms with Crippen LogP contribution in [0.4, 0.5) is 4.39 Å². The Morgan fingerprint density at radius 3 is 2.67 bits per heavy atom. The molecule has 0 radical (unpaired) electrons. The summed E-state index contributed by atoms with van der Waals surface area (Å²) in [7, 11) is 0. The minimum absolute atomic E-state index is 0.120. The van der Waals surface area contributed by atoms with Gasteiger partial charge in [0.05, 0.1) is 23.2 Å². The molecule has 1 heterocycles. The summed E-state index contributed by atoms with van der Waals surface area (Å²) < 4.78 is 14.9. The van der Waals surface area contributed by atoms with Gasteiger partial charge in [-0.2, -0.15) is 0 Å². The molecule has 0 unspecified atom stereocenters. The maximum atomic E-state index is 13.4. The van der Waals surface area contributed by atoms with Crippen molar-refractivity contribution in [3.63, 3.8) is 0 Å². The van der Waals surface area contributed by atoms with E-state index in [1.165, 1.54) is 28.5 Å². The molecule has 0 aliphatic rings. The Balaban J connectivity index is 1.70. The van der Waals surface area contributed by atoms with Gasteiger partial charge >= 0.3 is 0 Å². The highest BCUT2D eigenvalue weighted by molar-refractivity contribution is 7.99. The number of hydrogen-bond donors (Lipinski definition) is 1. The van der Waals surface area contributed by atoms with Gasteiger partial charge in [0.25, 0.3) is 5.56 Å². The number of unbranched alkanes of at least 4 members (excludes halogenated alkanes) is 2. The van der Waals surface area contributed by atoms with E-state index in [2.05, 4.69) is 10.5 Å². The highest BCUT2D eigenvalue weighted by Gasteiger charge is 2.13. The van der Waals surface area contributed by atoms with Crippen molar-refractivity contribution in [2.75, 3.05) is 12.4 Å². The first-order valence-corrected chi connectivity index (χ1v) is 10.9. The van der Waals surface area contributed by atoms with Crippen LogP contribution in [0, 0.1) is 5.82 Å². The van der Waals surface area contributed by atoms with Crippen molar-refractivity contribution < 1.29 is 14.0 Å². The predicted molar refractivity (Wildman–Crippen MR) is 116 cm³/mol. The number of benzene rings is 2. The molecule has 3 rings (SSSR count). The standard InChI is InChI=1S/C22H24FN3O3S/c1-2-29-25-20(27)10-4-3-7-15-30-22-24-19-9-6-5-8-18(19)21(28)26(22)17-13-11-16(23)12-14-17/h5-6,8-9,11-14H,2-4,7,10,15H2,1H3,(H,25,27). The Morgan fingerprint density at radius 2 is 1.90 bits per heavy atom. The third kappa shape index (κ3) is 5.67. The monoisotopic (exact) mass is 429 g/mol. The Kier molecular flexibility index (Phi) is 7.98. The van der Waals surface area contributed by atoms with E-state index in [1.807, 2.05) is 19.1 Å². The number of carbonyl (C=O) groups is 1. The van der Waals surface area contributed by atoms with E-state index in [1.54, 1.807) is 24.3 Å². The van der Waals surface area contributed by atoms with Crippen molar-refractivity contribution >= 4 is 28.6 Å². The average Bonchev–Trinajstić information content (AvgIpc) is 2.76. The number of hydrogen-bond acceptors (Lipinski definition) is 5. The number of amides is 1. The normalized spacial score (nSPS) is 11.0. The van der Waals surface area contributed by atoms with E-state index < -0.39 is 0 Å². The molecular formula is C22H24FN3O3S. The third-order valence-electron chi connectivity index (χ3n) is 4.44. The van der Waals surface area contributed by atoms with Gasteiger partial charge in [0.2, 0.25) is 5.91 Å². The fraction of sp³-hybridized carbons (Fsp3) is 0.318. The van der Waals surface area contributed by atoms with Crippen LogP contribution in [0.15, 0.2) is 58.5 Å². The molecule has 2 aromatic carbocycles. The SMILES string of the molecule is CCONC(=O)CCCCCSc1nc2ccccc2c(=O)n1-c1ccc(F)cc1. The maximum absolute atomic E-state index is 13.4. The van der Waals surface area contributed by atoms with Gasteiger partial charge in [-0.15, -0.1) is 0 Å². The lowest BCUT2D eigenvalue weighted by Gasteiger charge is -2.13. The molecule has 0 bridgehead atoms. The fourth-order valence-corrected chi connectivity index (χ4v) is 3.97. The molecule has 1 amide bonds. The third-order valence-corrected chi connectivity index (χ3v) is 5.46. The summed E-state index contributed by atoms with van der Waals surface area (Å²) in [6, 6.07) is 13.0. The molecule has 0 aliphatic heterocycles. The van der Waals surface area contributed by atoms with Crippen LogP contribution in [0.1, 0.15) is 32.6 Å². The Hall–Kier alpha value is -2.71. The van der Waals surface area contributed by atoms with Gasteiger partial charge in [-0.05, 0) is 56.2 Å². The molecule has 158 valence electrons. The summed E-state index contributed by atoms with van der Waals surface area (Å²) in [4.78, 5) is 34.2. The average molecular weight is 430 g/mol. The zero-order valence-corrected chi connectivity index (χ0v) is 17.6. The van der Waals surface area contributed by atoms with Crippen molar-refractivity contribution in [1.29, 1.82) is 0 Å². The number of nitrogens with one attached hydrogen (secondary N) is 1. The largest absolute Gasteiger partial charge is 0.274 e. The first-order chi connectivity index (χ1) is 14.6. The second kappa shape index (κ2) is 10.9. The Labute approximate surface area is 178 Å². The van der Waals surface area contributed by atoms with Crippen molar-refractivity contribution in [3.8, 4) is 5.69 Å². The van der Waals surface area contributed by atoms with Crippen LogP contribution >= 0.6 is 11.8 Å². The van der Waals surface area contributed by atoms with E-state index in [-0.39, 0.29) is 17.3 Å². The number of thioether (sulfide) groups is 1. The van der Waals surface area contributed by atoms with Gasteiger partial charge in [-0.1, -0.05) is 30.3 Å². The quantitative estimate of drug-likeness (QED) is 0.226. The van der Waals surface area contributed by atoms with Crippen LogP contribution in [-0.4, -0.2) is 27.8 Å². The molecule has 1 N–H and O–H groups in total. The number of fused-ring (bicyclic) bond motifs is 1. The predicted octanol–water partition coefficient (Wildman–Crippen LogP) is 4.25. The number of carbonyl (C=O) groups excluding carboxylic acids is 1. The van der Waals surface area contributed by atoms with E-state index in [9.17, 15) is 14.0 Å². The zero-order chi connectivity index (χ0) is 21.3. The second-order valence-electron chi connectivity index (χ2n) is 6.65. The Bertz CT molecular complexity index is 1050. The maximum Gasteiger partial charge on any atom is 0.266 e. The lowest BCUT2D eigenvalue weighted by Crippen LogP contribution is -2.23. The van der Waals surface area contributed by atoms with Crippen molar-refractivity contribution in [2.45, 2.75) is 37.8 Å². The molecule has 3 aromatic rings. The first-order valence-electron chi connectivity index (χ1n) is 9.91. The van der Waals surface area contributed by atoms with Crippen LogP contribution in [0.25, 0.3) is 16.6 Å². The number of hydroxylamine groups is 1. The Morgan fingerprint density at radius 1 is 1.13 bits per heavy atom. The molecule has 0 fully saturated rings. The number of halogens is 1. The zero-order valence-electron chi connectivity index (χ0n) is 16.8. The van der Waals surface area contributed by atoms with E-state index in [4.69, 9.17) is 4.84 Å². The molecule has 0 saturated carbocycles. The molecule has 30 heavy (non-hydrogen) atoms. The van der Waals surface area contributed by atoms with Gasteiger partial charge in [0.15, 0.2) is 5.16 Å². The van der Waals surface area contributed by atoms with E-state index in [0.717, 1.165) is 25.0 Å². The van der Waals surface area contributed by atoms with Gasteiger partial charge in [0, 0.05) is 12.2 Å². The molecular weight excluding hydrogens is 405 g/mol. The van der Waals surface area contributed by atoms with Crippen molar-refractivity contribution in [1.82, 2.24) is 15.0 Å². The molecule has 0 spiro atoms. The second-order valence-corrected chi connectivity index (χ2v) is 7.71. The van der Waals surface area contributed by atoms with Gasteiger partial charge < -0.3 is 0 Å². The fourth-order valence-electron chi connectivity index (χ4n) is 2.96. The highest BCUT2D eigenvalue weighted by atomic mass is 32.2. The molecule has 1 aromatic heterocycles. The highest BCUT2D eigenvalue weighted by Crippen LogP contribution is 2.22. The minimum Gasteiger partial charge on any atom is -0.274 e.